The monoisotopic (exact) mass is 999 g/mol. The molecular weight excluding hydrogens is 934 g/mol. The van der Waals surface area contributed by atoms with E-state index in [2.05, 4.69) is 243 Å². The molecule has 2 unspecified atom stereocenters. The Kier molecular flexibility index (Phi) is 9.75. The maximum absolute atomic E-state index is 2.84. The number of benzene rings is 8. The van der Waals surface area contributed by atoms with E-state index in [0.717, 1.165) is 6.42 Å². The third-order valence-corrected chi connectivity index (χ3v) is 20.5. The minimum Gasteiger partial charge on any atom is -0.334 e. The van der Waals surface area contributed by atoms with Gasteiger partial charge in [-0.05, 0) is 147 Å². The summed E-state index contributed by atoms with van der Waals surface area (Å²) >= 11 is 3.81. The highest BCUT2D eigenvalue weighted by Gasteiger charge is 2.58. The average Bonchev–Trinajstić information content (AvgIpc) is 4.01. The molecule has 74 heavy (non-hydrogen) atoms. The fourth-order valence-electron chi connectivity index (χ4n) is 13.9. The van der Waals surface area contributed by atoms with Gasteiger partial charge in [0.15, 0.2) is 0 Å². The number of nitrogens with zero attached hydrogens (tertiary/aromatic N) is 3. The molecular formula is C68H66BN3S2. The molecule has 5 heterocycles. The van der Waals surface area contributed by atoms with Crippen molar-refractivity contribution in [1.29, 1.82) is 0 Å². The lowest BCUT2D eigenvalue weighted by Gasteiger charge is -2.51. The number of fused-ring (bicyclic) bond motifs is 13. The first-order valence-electron chi connectivity index (χ1n) is 27.2. The summed E-state index contributed by atoms with van der Waals surface area (Å²) in [5, 5.41) is 5.29. The molecule has 6 heteroatoms. The molecule has 2 atom stereocenters. The second-order valence-electron chi connectivity index (χ2n) is 25.7. The third kappa shape index (κ3) is 6.56. The fourth-order valence-corrected chi connectivity index (χ4v) is 16.1. The van der Waals surface area contributed by atoms with Crippen molar-refractivity contribution in [3.05, 3.63) is 174 Å². The van der Waals surface area contributed by atoms with Crippen molar-refractivity contribution >= 4 is 132 Å². The SMILES string of the molecule is CC(C)(C)c1ccc2c(c1)N(c1ccc3c(c1)sc1ccccc13)c1cc(N3c4ccc(C(C)(C)C)cc4C4(C)CCCCC34C)cc3c1B2c1ccc(C(C)(C)C)cc1N3c1ccc2sc3ccccc3c2c1. The molecule has 10 aromatic rings. The van der Waals surface area contributed by atoms with Gasteiger partial charge in [-0.15, -0.1) is 22.7 Å². The quantitative estimate of drug-likeness (QED) is 0.163. The second kappa shape index (κ2) is 15.6. The number of hydrogen-bond acceptors (Lipinski definition) is 5. The Balaban J connectivity index is 1.12. The predicted octanol–water partition coefficient (Wildman–Crippen LogP) is 18.1. The lowest BCUT2D eigenvalue weighted by molar-refractivity contribution is 0.195. The van der Waals surface area contributed by atoms with E-state index in [1.807, 2.05) is 22.7 Å². The van der Waals surface area contributed by atoms with E-state index in [0.29, 0.717) is 0 Å². The van der Waals surface area contributed by atoms with Crippen LogP contribution in [0.1, 0.15) is 124 Å². The van der Waals surface area contributed by atoms with E-state index in [9.17, 15) is 0 Å². The summed E-state index contributed by atoms with van der Waals surface area (Å²) in [7, 11) is 0. The summed E-state index contributed by atoms with van der Waals surface area (Å²) < 4.78 is 5.30. The van der Waals surface area contributed by atoms with Crippen LogP contribution in [-0.2, 0) is 21.7 Å². The van der Waals surface area contributed by atoms with Gasteiger partial charge in [-0.25, -0.2) is 0 Å². The molecule has 0 radical (unpaired) electrons. The summed E-state index contributed by atoms with van der Waals surface area (Å²) in [4.78, 5) is 8.19. The van der Waals surface area contributed by atoms with Crippen LogP contribution in [0.15, 0.2) is 152 Å². The maximum Gasteiger partial charge on any atom is 0.252 e. The van der Waals surface area contributed by atoms with Gasteiger partial charge in [-0.2, -0.15) is 0 Å². The predicted molar refractivity (Wildman–Crippen MR) is 325 cm³/mol. The summed E-state index contributed by atoms with van der Waals surface area (Å²) in [6.07, 6.45) is 4.77. The van der Waals surface area contributed by atoms with E-state index in [1.165, 1.54) is 144 Å². The van der Waals surface area contributed by atoms with Crippen LogP contribution in [0, 0.1) is 0 Å². The van der Waals surface area contributed by atoms with Gasteiger partial charge in [0.25, 0.3) is 6.71 Å². The smallest absolute Gasteiger partial charge is 0.252 e. The van der Waals surface area contributed by atoms with Crippen LogP contribution >= 0.6 is 22.7 Å². The molecule has 0 saturated heterocycles. The topological polar surface area (TPSA) is 9.72 Å². The number of hydrogen-bond donors (Lipinski definition) is 0. The van der Waals surface area contributed by atoms with Crippen LogP contribution in [0.5, 0.6) is 0 Å². The average molecular weight is 1000 g/mol. The lowest BCUT2D eigenvalue weighted by Crippen LogP contribution is -2.61. The molecule has 1 saturated carbocycles. The van der Waals surface area contributed by atoms with Crippen molar-refractivity contribution < 1.29 is 0 Å². The van der Waals surface area contributed by atoms with Crippen LogP contribution < -0.4 is 31.1 Å². The van der Waals surface area contributed by atoms with Gasteiger partial charge in [0.1, 0.15) is 0 Å². The molecule has 0 amide bonds. The largest absolute Gasteiger partial charge is 0.334 e. The van der Waals surface area contributed by atoms with Crippen LogP contribution in [0.4, 0.5) is 45.5 Å². The molecule has 1 aliphatic carbocycles. The van der Waals surface area contributed by atoms with Gasteiger partial charge in [0, 0.05) is 91.3 Å². The van der Waals surface area contributed by atoms with E-state index < -0.39 is 0 Å². The zero-order valence-corrected chi connectivity index (χ0v) is 46.6. The first-order chi connectivity index (χ1) is 35.3. The molecule has 3 nitrogen and oxygen atoms in total. The summed E-state index contributed by atoms with van der Waals surface area (Å²) in [6.45, 7) is 26.5. The van der Waals surface area contributed by atoms with Crippen LogP contribution in [-0.4, -0.2) is 12.3 Å². The van der Waals surface area contributed by atoms with E-state index in [1.54, 1.807) is 0 Å². The molecule has 8 aromatic carbocycles. The Morgan fingerprint density at radius 2 is 0.919 bits per heavy atom. The van der Waals surface area contributed by atoms with E-state index in [4.69, 9.17) is 0 Å². The number of rotatable bonds is 3. The van der Waals surface area contributed by atoms with E-state index >= 15 is 0 Å². The van der Waals surface area contributed by atoms with Crippen molar-refractivity contribution in [1.82, 2.24) is 0 Å². The van der Waals surface area contributed by atoms with Crippen LogP contribution in [0.3, 0.4) is 0 Å². The van der Waals surface area contributed by atoms with Gasteiger partial charge in [0.05, 0.1) is 5.54 Å². The highest BCUT2D eigenvalue weighted by Crippen LogP contribution is 2.62. The Labute approximate surface area is 446 Å². The zero-order valence-electron chi connectivity index (χ0n) is 45.0. The fraction of sp³-hybridized carbons (Fsp3) is 0.294. The molecule has 0 N–H and O–H groups in total. The highest BCUT2D eigenvalue weighted by atomic mass is 32.1. The summed E-state index contributed by atoms with van der Waals surface area (Å²) in [6, 6.07) is 60.2. The molecule has 1 fully saturated rings. The number of thiophene rings is 2. The molecule has 14 rings (SSSR count). The van der Waals surface area contributed by atoms with Gasteiger partial charge in [-0.1, -0.05) is 161 Å². The highest BCUT2D eigenvalue weighted by molar-refractivity contribution is 7.26. The Morgan fingerprint density at radius 3 is 1.54 bits per heavy atom. The van der Waals surface area contributed by atoms with Gasteiger partial charge < -0.3 is 14.7 Å². The van der Waals surface area contributed by atoms with Crippen molar-refractivity contribution in [2.75, 3.05) is 14.7 Å². The molecule has 3 aliphatic heterocycles. The minimum absolute atomic E-state index is 0.00379. The first kappa shape index (κ1) is 46.2. The standard InChI is InChI=1S/C68H66BN3S2/c1-64(2,3)41-24-30-54-51(34-41)67(10)32-16-17-33-68(67,11)72(54)46-38-57-63-58(39-46)71(45-25-27-49-47-18-12-14-20-59(47)74-62(49)40-45)56-36-43(66(7,8)9)23-29-53(56)69(63)52-28-22-42(65(4,5)6)35-55(52)70(57)44-26-31-61-50(37-44)48-19-13-15-21-60(48)73-61/h12-15,18-31,34-40H,16-17,32-33H2,1-11H3. The van der Waals surface area contributed by atoms with E-state index in [-0.39, 0.29) is 33.9 Å². The second-order valence-corrected chi connectivity index (χ2v) is 27.9. The zero-order chi connectivity index (χ0) is 51.0. The maximum atomic E-state index is 2.84. The summed E-state index contributed by atoms with van der Waals surface area (Å²) in [5.41, 5.74) is 19.5. The van der Waals surface area contributed by atoms with Crippen LogP contribution in [0.2, 0.25) is 0 Å². The Bertz CT molecular complexity index is 4010. The van der Waals surface area contributed by atoms with Crippen molar-refractivity contribution in [2.24, 2.45) is 0 Å². The number of anilines is 8. The van der Waals surface area contributed by atoms with Crippen LogP contribution in [0.25, 0.3) is 40.3 Å². The Morgan fingerprint density at radius 1 is 0.419 bits per heavy atom. The first-order valence-corrected chi connectivity index (χ1v) is 28.8. The normalized spacial score (nSPS) is 19.3. The van der Waals surface area contributed by atoms with Gasteiger partial charge in [-0.3, -0.25) is 0 Å². The summed E-state index contributed by atoms with van der Waals surface area (Å²) in [5.74, 6) is 0. The molecule has 2 aromatic heterocycles. The molecule has 0 spiro atoms. The Hall–Kier alpha value is -6.34. The van der Waals surface area contributed by atoms with Crippen molar-refractivity contribution in [3.63, 3.8) is 0 Å². The lowest BCUT2D eigenvalue weighted by atomic mass is 9.33. The molecule has 368 valence electrons. The molecule has 0 bridgehead atoms. The third-order valence-electron chi connectivity index (χ3n) is 18.3. The van der Waals surface area contributed by atoms with Gasteiger partial charge >= 0.3 is 0 Å². The van der Waals surface area contributed by atoms with Crippen molar-refractivity contribution in [3.8, 4) is 0 Å². The van der Waals surface area contributed by atoms with Gasteiger partial charge in [0.2, 0.25) is 0 Å². The van der Waals surface area contributed by atoms with Crippen molar-refractivity contribution in [2.45, 2.75) is 129 Å². The minimum atomic E-state index is -0.150. The molecule has 4 aliphatic rings.